The van der Waals surface area contributed by atoms with Crippen LogP contribution in [0.15, 0.2) is 52.3 Å². The van der Waals surface area contributed by atoms with Crippen LogP contribution in [0.1, 0.15) is 12.0 Å². The molecule has 2 fully saturated rings. The highest BCUT2D eigenvalue weighted by atomic mass is 32.2. The van der Waals surface area contributed by atoms with E-state index >= 15 is 0 Å². The fourth-order valence-electron chi connectivity index (χ4n) is 4.14. The average Bonchev–Trinajstić information content (AvgIpc) is 3.24. The van der Waals surface area contributed by atoms with E-state index in [1.165, 1.54) is 16.4 Å². The van der Waals surface area contributed by atoms with Gasteiger partial charge in [0.05, 0.1) is 29.1 Å². The molecule has 2 atom stereocenters. The third kappa shape index (κ3) is 5.25. The van der Waals surface area contributed by atoms with Crippen LogP contribution in [-0.4, -0.2) is 81.5 Å². The first-order chi connectivity index (χ1) is 16.5. The van der Waals surface area contributed by atoms with Crippen molar-refractivity contribution in [1.29, 1.82) is 0 Å². The molecule has 190 valence electrons. The van der Waals surface area contributed by atoms with E-state index in [1.807, 2.05) is 0 Å². The van der Waals surface area contributed by atoms with E-state index < -0.39 is 43.9 Å². The second-order valence-electron chi connectivity index (χ2n) is 8.42. The quantitative estimate of drug-likeness (QED) is 0.571. The zero-order valence-corrected chi connectivity index (χ0v) is 20.6. The van der Waals surface area contributed by atoms with Gasteiger partial charge in [-0.3, -0.25) is 4.79 Å². The molecule has 0 saturated carbocycles. The number of hydrogen-bond acceptors (Lipinski definition) is 7. The second kappa shape index (κ2) is 9.91. The highest BCUT2D eigenvalue weighted by Gasteiger charge is 2.43. The summed E-state index contributed by atoms with van der Waals surface area (Å²) in [7, 11) is -8.02. The average molecular weight is 528 g/mol. The first-order valence-corrected chi connectivity index (χ1v) is 13.8. The Morgan fingerprint density at radius 3 is 2.37 bits per heavy atom. The standard InChI is InChI=1S/C22H26FN3O7S2/c1-15-2-5-17(12-21(15)35(31,32)25-8-10-33-11-9-25)24-22(28)20-13-18(27)14-26(20)34(29,30)19-6-3-16(23)4-7-19/h2-7,12,18,20,27H,8-11,13-14H2,1H3,(H,24,28)/t18-,20+/m0/s1. The summed E-state index contributed by atoms with van der Waals surface area (Å²) in [6.07, 6.45) is -1.21. The molecule has 2 aromatic carbocycles. The van der Waals surface area contributed by atoms with Crippen LogP contribution < -0.4 is 5.32 Å². The monoisotopic (exact) mass is 527 g/mol. The van der Waals surface area contributed by atoms with E-state index in [0.29, 0.717) is 5.56 Å². The van der Waals surface area contributed by atoms with E-state index in [-0.39, 0.29) is 54.7 Å². The topological polar surface area (TPSA) is 133 Å². The molecule has 0 radical (unpaired) electrons. The van der Waals surface area contributed by atoms with E-state index in [9.17, 15) is 31.1 Å². The fraction of sp³-hybridized carbons (Fsp3) is 0.409. The van der Waals surface area contributed by atoms with Crippen LogP contribution in [-0.2, 0) is 29.6 Å². The number of amides is 1. The lowest BCUT2D eigenvalue weighted by atomic mass is 10.2. The van der Waals surface area contributed by atoms with Crippen molar-refractivity contribution in [3.8, 4) is 0 Å². The van der Waals surface area contributed by atoms with Gasteiger partial charge in [0.25, 0.3) is 0 Å². The number of aryl methyl sites for hydroxylation is 1. The maximum Gasteiger partial charge on any atom is 0.243 e. The first-order valence-electron chi connectivity index (χ1n) is 10.9. The molecular formula is C22H26FN3O7S2. The van der Waals surface area contributed by atoms with Crippen molar-refractivity contribution in [3.63, 3.8) is 0 Å². The Kier molecular flexibility index (Phi) is 7.27. The van der Waals surface area contributed by atoms with Gasteiger partial charge in [-0.05, 0) is 48.9 Å². The predicted octanol–water partition coefficient (Wildman–Crippen LogP) is 0.918. The van der Waals surface area contributed by atoms with Gasteiger partial charge in [0.2, 0.25) is 26.0 Å². The minimum absolute atomic E-state index is 0.0273. The number of carbonyl (C=O) groups is 1. The normalized spacial score (nSPS) is 22.3. The molecule has 10 nitrogen and oxygen atoms in total. The zero-order valence-electron chi connectivity index (χ0n) is 18.9. The van der Waals surface area contributed by atoms with E-state index in [2.05, 4.69) is 5.32 Å². The molecule has 1 amide bonds. The van der Waals surface area contributed by atoms with Crippen LogP contribution in [0.4, 0.5) is 10.1 Å². The number of benzene rings is 2. The van der Waals surface area contributed by atoms with Gasteiger partial charge in [0.1, 0.15) is 11.9 Å². The number of aliphatic hydroxyl groups is 1. The number of nitrogens with one attached hydrogen (secondary N) is 1. The number of hydrogen-bond donors (Lipinski definition) is 2. The molecule has 0 unspecified atom stereocenters. The molecule has 2 heterocycles. The zero-order chi connectivity index (χ0) is 25.4. The second-order valence-corrected chi connectivity index (χ2v) is 12.2. The van der Waals surface area contributed by atoms with Crippen LogP contribution in [0, 0.1) is 12.7 Å². The Labute approximate surface area is 203 Å². The predicted molar refractivity (Wildman–Crippen MR) is 124 cm³/mol. The molecule has 0 aromatic heterocycles. The van der Waals surface area contributed by atoms with Crippen molar-refractivity contribution in [2.45, 2.75) is 35.3 Å². The molecule has 0 bridgehead atoms. The Hall–Kier alpha value is -2.42. The summed E-state index contributed by atoms with van der Waals surface area (Å²) in [6, 6.07) is 7.35. The molecule has 2 N–H and O–H groups in total. The number of halogens is 1. The van der Waals surface area contributed by atoms with Gasteiger partial charge in [0, 0.05) is 31.7 Å². The molecule has 35 heavy (non-hydrogen) atoms. The van der Waals surface area contributed by atoms with Crippen LogP contribution in [0.5, 0.6) is 0 Å². The van der Waals surface area contributed by atoms with Gasteiger partial charge in [0.15, 0.2) is 0 Å². The van der Waals surface area contributed by atoms with Gasteiger partial charge in [-0.2, -0.15) is 8.61 Å². The molecule has 4 rings (SSSR count). The van der Waals surface area contributed by atoms with Crippen LogP contribution in [0.2, 0.25) is 0 Å². The number of morpholine rings is 1. The van der Waals surface area contributed by atoms with Crippen molar-refractivity contribution >= 4 is 31.6 Å². The summed E-state index contributed by atoms with van der Waals surface area (Å²) in [4.78, 5) is 12.9. The molecule has 2 aliphatic rings. The van der Waals surface area contributed by atoms with Gasteiger partial charge >= 0.3 is 0 Å². The molecule has 2 saturated heterocycles. The summed E-state index contributed by atoms with van der Waals surface area (Å²) in [5.74, 6) is -1.33. The van der Waals surface area contributed by atoms with Crippen molar-refractivity contribution in [2.75, 3.05) is 38.2 Å². The minimum Gasteiger partial charge on any atom is -0.392 e. The Morgan fingerprint density at radius 1 is 1.06 bits per heavy atom. The van der Waals surface area contributed by atoms with Gasteiger partial charge in [-0.15, -0.1) is 0 Å². The number of anilines is 1. The summed E-state index contributed by atoms with van der Waals surface area (Å²) < 4.78 is 73.1. The molecule has 2 aliphatic heterocycles. The molecule has 13 heteroatoms. The van der Waals surface area contributed by atoms with E-state index in [0.717, 1.165) is 28.6 Å². The van der Waals surface area contributed by atoms with E-state index in [1.54, 1.807) is 13.0 Å². The Bertz CT molecular complexity index is 1310. The van der Waals surface area contributed by atoms with E-state index in [4.69, 9.17) is 4.74 Å². The smallest absolute Gasteiger partial charge is 0.243 e. The van der Waals surface area contributed by atoms with Crippen LogP contribution >= 0.6 is 0 Å². The summed E-state index contributed by atoms with van der Waals surface area (Å²) >= 11 is 0. The van der Waals surface area contributed by atoms with Crippen molar-refractivity contribution in [1.82, 2.24) is 8.61 Å². The lowest BCUT2D eigenvalue weighted by Gasteiger charge is -2.27. The van der Waals surface area contributed by atoms with Gasteiger partial charge in [-0.1, -0.05) is 6.07 Å². The number of nitrogens with zero attached hydrogens (tertiary/aromatic N) is 2. The maximum absolute atomic E-state index is 13.3. The number of sulfonamides is 2. The fourth-order valence-corrected chi connectivity index (χ4v) is 7.43. The third-order valence-corrected chi connectivity index (χ3v) is 9.93. The molecule has 0 aliphatic carbocycles. The first kappa shape index (κ1) is 25.7. The van der Waals surface area contributed by atoms with Crippen LogP contribution in [0.3, 0.4) is 0 Å². The number of ether oxygens (including phenoxy) is 1. The summed E-state index contributed by atoms with van der Waals surface area (Å²) in [5.41, 5.74) is 0.666. The minimum atomic E-state index is -4.20. The number of β-amino-alcohol motifs (C(OH)–C–C–N with tert-alkyl or cyclic N) is 1. The lowest BCUT2D eigenvalue weighted by Crippen LogP contribution is -2.43. The van der Waals surface area contributed by atoms with Crippen LogP contribution in [0.25, 0.3) is 0 Å². The highest BCUT2D eigenvalue weighted by Crippen LogP contribution is 2.29. The molecule has 2 aromatic rings. The molecular weight excluding hydrogens is 501 g/mol. The van der Waals surface area contributed by atoms with Crippen molar-refractivity contribution < 1.29 is 35.9 Å². The summed E-state index contributed by atoms with van der Waals surface area (Å²) in [5, 5.41) is 12.7. The van der Waals surface area contributed by atoms with Gasteiger partial charge in [-0.25, -0.2) is 21.2 Å². The Morgan fingerprint density at radius 2 is 1.71 bits per heavy atom. The van der Waals surface area contributed by atoms with Crippen molar-refractivity contribution in [3.05, 3.63) is 53.8 Å². The largest absolute Gasteiger partial charge is 0.392 e. The van der Waals surface area contributed by atoms with Gasteiger partial charge < -0.3 is 15.2 Å². The number of rotatable bonds is 6. The molecule has 0 spiro atoms. The highest BCUT2D eigenvalue weighted by molar-refractivity contribution is 7.89. The number of aliphatic hydroxyl groups excluding tert-OH is 1. The maximum atomic E-state index is 13.3. The van der Waals surface area contributed by atoms with Crippen molar-refractivity contribution in [2.24, 2.45) is 0 Å². The number of carbonyl (C=O) groups excluding carboxylic acids is 1. The summed E-state index contributed by atoms with van der Waals surface area (Å²) in [6.45, 7) is 2.35. The SMILES string of the molecule is Cc1ccc(NC(=O)[C@H]2C[C@H](O)CN2S(=O)(=O)c2ccc(F)cc2)cc1S(=O)(=O)N1CCOCC1. The third-order valence-electron chi connectivity index (χ3n) is 6.00. The Balaban J connectivity index is 1.58. The lowest BCUT2D eigenvalue weighted by molar-refractivity contribution is -0.119.